The molecule has 0 fully saturated rings. The van der Waals surface area contributed by atoms with Crippen LogP contribution in [0.4, 0.5) is 11.4 Å². The molecule has 0 amide bonds. The molecule has 0 bridgehead atoms. The fourth-order valence-corrected chi connectivity index (χ4v) is 3.44. The van der Waals surface area contributed by atoms with Gasteiger partial charge in [0.2, 0.25) is 9.54 Å². The maximum absolute atomic E-state index is 10.8. The van der Waals surface area contributed by atoms with Gasteiger partial charge < -0.3 is 0 Å². The molecule has 2 heterocycles. The smallest absolute Gasteiger partial charge is 0.258 e. The second-order valence-corrected chi connectivity index (χ2v) is 7.97. The number of nitro groups is 2. The van der Waals surface area contributed by atoms with Crippen molar-refractivity contribution in [3.8, 4) is 0 Å². The third kappa shape index (κ3) is 5.68. The average Bonchev–Trinajstić information content (AvgIpc) is 3.41. The van der Waals surface area contributed by atoms with Crippen molar-refractivity contribution in [3.05, 3.63) is 101 Å². The number of nitro benzene ring substituents is 2. The minimum atomic E-state index is -0.475. The Kier molecular flexibility index (Phi) is 7.26. The number of rotatable bonds is 9. The molecule has 2 aromatic carbocycles. The second kappa shape index (κ2) is 10.7. The lowest BCUT2D eigenvalue weighted by molar-refractivity contribution is -0.385. The molecule has 0 spiro atoms. The van der Waals surface area contributed by atoms with Crippen molar-refractivity contribution in [2.45, 2.75) is 12.8 Å². The summed E-state index contributed by atoms with van der Waals surface area (Å²) in [6.45, 7) is 0. The zero-order chi connectivity index (χ0) is 25.7. The van der Waals surface area contributed by atoms with Crippen molar-refractivity contribution >= 4 is 48.2 Å². The van der Waals surface area contributed by atoms with Crippen LogP contribution in [0.2, 0.25) is 0 Å². The molecule has 14 nitrogen and oxygen atoms in total. The van der Waals surface area contributed by atoms with Crippen molar-refractivity contribution in [3.63, 3.8) is 0 Å². The van der Waals surface area contributed by atoms with Crippen molar-refractivity contribution in [1.82, 2.24) is 29.7 Å². The van der Waals surface area contributed by atoms with Crippen molar-refractivity contribution in [2.24, 2.45) is 10.2 Å². The van der Waals surface area contributed by atoms with E-state index < -0.39 is 9.85 Å². The number of aromatic nitrogens is 6. The number of benzene rings is 2. The third-order valence-electron chi connectivity index (χ3n) is 4.86. The summed E-state index contributed by atoms with van der Waals surface area (Å²) in [5.41, 5.74) is 1.27. The Morgan fingerprint density at radius 3 is 1.44 bits per heavy atom. The summed E-state index contributed by atoms with van der Waals surface area (Å²) in [5, 5.41) is 44.1. The molecular weight excluding hydrogens is 508 g/mol. The average molecular weight is 525 g/mol. The number of aromatic amines is 2. The number of hydrogen-bond acceptors (Lipinski definition) is 10. The Bertz CT molecular complexity index is 1460. The van der Waals surface area contributed by atoms with Crippen LogP contribution in [-0.2, 0) is 12.8 Å². The zero-order valence-electron chi connectivity index (χ0n) is 18.2. The summed E-state index contributed by atoms with van der Waals surface area (Å²) in [6, 6.07) is 11.8. The number of non-ortho nitro benzene ring substituents is 2. The number of H-pyrrole nitrogens is 2. The standard InChI is InChI=1S/C20H16N10O4S2/c31-29(32)15-5-1-13(2-6-15)11-21-27-17(23-25-19(27)35)9-10-18-24-26-20(36)28(18)22-12-14-3-7-16(8-4-14)30(33)34/h1-8,11-12H,9-10H2,(H,25,35)(H,26,36)/b21-11+,22-12+. The zero-order valence-corrected chi connectivity index (χ0v) is 19.8. The summed E-state index contributed by atoms with van der Waals surface area (Å²) < 4.78 is 3.45. The van der Waals surface area contributed by atoms with E-state index in [0.29, 0.717) is 35.6 Å². The normalized spacial score (nSPS) is 11.4. The Balaban J connectivity index is 1.48. The van der Waals surface area contributed by atoms with Crippen LogP contribution in [0.5, 0.6) is 0 Å². The molecule has 0 unspecified atom stereocenters. The summed E-state index contributed by atoms with van der Waals surface area (Å²) >= 11 is 10.5. The molecule has 0 aliphatic carbocycles. The highest BCUT2D eigenvalue weighted by molar-refractivity contribution is 7.71. The van der Waals surface area contributed by atoms with E-state index >= 15 is 0 Å². The van der Waals surface area contributed by atoms with Gasteiger partial charge in [-0.05, 0) is 59.8 Å². The van der Waals surface area contributed by atoms with Crippen LogP contribution in [-0.4, -0.2) is 52.0 Å². The van der Waals surface area contributed by atoms with Gasteiger partial charge in [0.15, 0.2) is 11.6 Å². The fraction of sp³-hybridized carbons (Fsp3) is 0.100. The molecule has 2 aromatic heterocycles. The molecule has 4 rings (SSSR count). The topological polar surface area (TPSA) is 178 Å². The first-order chi connectivity index (χ1) is 17.3. The van der Waals surface area contributed by atoms with Crippen LogP contribution in [0.1, 0.15) is 22.8 Å². The lowest BCUT2D eigenvalue weighted by atomic mass is 10.2. The van der Waals surface area contributed by atoms with Gasteiger partial charge in [-0.25, -0.2) is 0 Å². The largest absolute Gasteiger partial charge is 0.269 e. The molecule has 36 heavy (non-hydrogen) atoms. The molecule has 4 aromatic rings. The van der Waals surface area contributed by atoms with E-state index in [4.69, 9.17) is 24.4 Å². The van der Waals surface area contributed by atoms with Crippen LogP contribution < -0.4 is 0 Å². The third-order valence-corrected chi connectivity index (χ3v) is 5.39. The van der Waals surface area contributed by atoms with Gasteiger partial charge in [0, 0.05) is 37.1 Å². The molecule has 0 saturated heterocycles. The highest BCUT2D eigenvalue weighted by atomic mass is 32.1. The van der Waals surface area contributed by atoms with E-state index in [2.05, 4.69) is 30.6 Å². The van der Waals surface area contributed by atoms with Crippen LogP contribution in [0, 0.1) is 29.8 Å². The van der Waals surface area contributed by atoms with Gasteiger partial charge in [0.1, 0.15) is 0 Å². The van der Waals surface area contributed by atoms with E-state index in [1.807, 2.05) is 0 Å². The lowest BCUT2D eigenvalue weighted by Gasteiger charge is -2.02. The first kappa shape index (κ1) is 24.4. The van der Waals surface area contributed by atoms with Crippen LogP contribution in [0.15, 0.2) is 58.7 Å². The SMILES string of the molecule is O=[N+]([O-])c1ccc(/C=N/n2c(CCc3n[nH]c(=S)n3/N=C/c3ccc([N+](=O)[O-])cc3)n[nH]c2=S)cc1. The lowest BCUT2D eigenvalue weighted by Crippen LogP contribution is -2.05. The van der Waals surface area contributed by atoms with Gasteiger partial charge in [-0.1, -0.05) is 0 Å². The monoisotopic (exact) mass is 524 g/mol. The summed E-state index contributed by atoms with van der Waals surface area (Å²) in [6.07, 6.45) is 3.81. The van der Waals surface area contributed by atoms with Crippen LogP contribution in [0.3, 0.4) is 0 Å². The van der Waals surface area contributed by atoms with Crippen molar-refractivity contribution in [1.29, 1.82) is 0 Å². The Labute approximate surface area is 211 Å². The quantitative estimate of drug-likeness (QED) is 0.144. The Hall–Kier alpha value is -4.70. The molecule has 0 saturated carbocycles. The van der Waals surface area contributed by atoms with Crippen molar-refractivity contribution in [2.75, 3.05) is 0 Å². The first-order valence-corrected chi connectivity index (χ1v) is 11.0. The van der Waals surface area contributed by atoms with E-state index in [1.54, 1.807) is 24.3 Å². The maximum Gasteiger partial charge on any atom is 0.269 e. The first-order valence-electron chi connectivity index (χ1n) is 10.2. The Morgan fingerprint density at radius 2 is 1.11 bits per heavy atom. The molecule has 0 atom stereocenters. The van der Waals surface area contributed by atoms with Gasteiger partial charge in [-0.2, -0.15) is 29.8 Å². The van der Waals surface area contributed by atoms with E-state index in [0.717, 1.165) is 0 Å². The fourth-order valence-electron chi connectivity index (χ4n) is 3.05. The highest BCUT2D eigenvalue weighted by Gasteiger charge is 2.11. The summed E-state index contributed by atoms with van der Waals surface area (Å²) in [4.78, 5) is 20.7. The molecular formula is C20H16N10O4S2. The number of nitrogens with zero attached hydrogens (tertiary/aromatic N) is 8. The molecule has 0 radical (unpaired) electrons. The second-order valence-electron chi connectivity index (χ2n) is 7.20. The van der Waals surface area contributed by atoms with E-state index in [9.17, 15) is 20.2 Å². The van der Waals surface area contributed by atoms with E-state index in [1.165, 1.54) is 46.0 Å². The molecule has 0 aliphatic heterocycles. The molecule has 16 heteroatoms. The number of hydrogen-bond donors (Lipinski definition) is 2. The van der Waals surface area contributed by atoms with Gasteiger partial charge in [0.25, 0.3) is 11.4 Å². The minimum absolute atomic E-state index is 0.0163. The van der Waals surface area contributed by atoms with Crippen LogP contribution >= 0.6 is 24.4 Å². The maximum atomic E-state index is 10.8. The van der Waals surface area contributed by atoms with Crippen molar-refractivity contribution < 1.29 is 9.85 Å². The predicted octanol–water partition coefficient (Wildman–Crippen LogP) is 3.56. The summed E-state index contributed by atoms with van der Waals surface area (Å²) in [5.74, 6) is 1.05. The van der Waals surface area contributed by atoms with Gasteiger partial charge in [-0.15, -0.1) is 0 Å². The Morgan fingerprint density at radius 1 is 0.750 bits per heavy atom. The molecule has 2 N–H and O–H groups in total. The number of aryl methyl sites for hydroxylation is 2. The molecule has 182 valence electrons. The minimum Gasteiger partial charge on any atom is -0.258 e. The highest BCUT2D eigenvalue weighted by Crippen LogP contribution is 2.12. The predicted molar refractivity (Wildman–Crippen MR) is 134 cm³/mol. The van der Waals surface area contributed by atoms with Gasteiger partial charge in [-0.3, -0.25) is 30.4 Å². The van der Waals surface area contributed by atoms with Crippen LogP contribution in [0.25, 0.3) is 0 Å². The number of nitrogens with one attached hydrogen (secondary N) is 2. The molecule has 0 aliphatic rings. The van der Waals surface area contributed by atoms with Gasteiger partial charge in [0.05, 0.1) is 22.3 Å². The van der Waals surface area contributed by atoms with Gasteiger partial charge >= 0.3 is 0 Å². The van der Waals surface area contributed by atoms with E-state index in [-0.39, 0.29) is 20.9 Å². The summed E-state index contributed by atoms with van der Waals surface area (Å²) in [7, 11) is 0.